The van der Waals surface area contributed by atoms with Gasteiger partial charge in [-0.1, -0.05) is 18.2 Å². The van der Waals surface area contributed by atoms with Gasteiger partial charge in [0.25, 0.3) is 0 Å². The molecule has 0 amide bonds. The maximum Gasteiger partial charge on any atom is 0.147 e. The number of hydrogen-bond acceptors (Lipinski definition) is 4. The van der Waals surface area contributed by atoms with E-state index in [0.29, 0.717) is 0 Å². The molecule has 0 fully saturated rings. The Bertz CT molecular complexity index is 751. The lowest BCUT2D eigenvalue weighted by molar-refractivity contribution is 1.25. The SMILES string of the molecule is Cc1cc(N/N=C/c2ccncc2)nc2ccccc12. The summed E-state index contributed by atoms with van der Waals surface area (Å²) in [5.41, 5.74) is 6.10. The van der Waals surface area contributed by atoms with Crippen LogP contribution in [0.25, 0.3) is 10.9 Å². The van der Waals surface area contributed by atoms with Gasteiger partial charge in [0.2, 0.25) is 0 Å². The van der Waals surface area contributed by atoms with Gasteiger partial charge in [-0.15, -0.1) is 0 Å². The number of hydrazone groups is 1. The molecule has 2 heterocycles. The van der Waals surface area contributed by atoms with Crippen LogP contribution in [0.1, 0.15) is 11.1 Å². The highest BCUT2D eigenvalue weighted by Gasteiger charge is 2.00. The Morgan fingerprint density at radius 1 is 1.10 bits per heavy atom. The van der Waals surface area contributed by atoms with Crippen molar-refractivity contribution in [3.05, 3.63) is 66.0 Å². The maximum atomic E-state index is 4.53. The van der Waals surface area contributed by atoms with E-state index in [-0.39, 0.29) is 0 Å². The minimum absolute atomic E-state index is 0.742. The van der Waals surface area contributed by atoms with E-state index in [9.17, 15) is 0 Å². The molecule has 0 unspecified atom stereocenters. The van der Waals surface area contributed by atoms with Crippen molar-refractivity contribution in [2.24, 2.45) is 5.10 Å². The van der Waals surface area contributed by atoms with E-state index in [1.54, 1.807) is 18.6 Å². The molecule has 1 N–H and O–H groups in total. The summed E-state index contributed by atoms with van der Waals surface area (Å²) in [4.78, 5) is 8.49. The van der Waals surface area contributed by atoms with E-state index in [1.807, 2.05) is 36.4 Å². The third-order valence-corrected chi connectivity index (χ3v) is 3.02. The lowest BCUT2D eigenvalue weighted by Gasteiger charge is -2.05. The standard InChI is InChI=1S/C16H14N4/c1-12-10-16(19-15-5-3-2-4-14(12)15)20-18-11-13-6-8-17-9-7-13/h2-11H,1H3,(H,19,20)/b18-11+. The van der Waals surface area contributed by atoms with Gasteiger partial charge in [0, 0.05) is 17.8 Å². The molecule has 3 aromatic rings. The van der Waals surface area contributed by atoms with Crippen molar-refractivity contribution in [3.63, 3.8) is 0 Å². The molecule has 20 heavy (non-hydrogen) atoms. The molecule has 0 aliphatic carbocycles. The number of nitrogens with one attached hydrogen (secondary N) is 1. The molecule has 0 saturated heterocycles. The van der Waals surface area contributed by atoms with Crippen LogP contribution in [-0.2, 0) is 0 Å². The fourth-order valence-corrected chi connectivity index (χ4v) is 2.03. The molecule has 0 radical (unpaired) electrons. The summed E-state index contributed by atoms with van der Waals surface area (Å²) in [5, 5.41) is 5.36. The molecular formula is C16H14N4. The first-order valence-electron chi connectivity index (χ1n) is 6.38. The fraction of sp³-hybridized carbons (Fsp3) is 0.0625. The predicted molar refractivity (Wildman–Crippen MR) is 81.9 cm³/mol. The summed E-state index contributed by atoms with van der Waals surface area (Å²) in [7, 11) is 0. The normalized spacial score (nSPS) is 11.1. The predicted octanol–water partition coefficient (Wildman–Crippen LogP) is 3.38. The fourth-order valence-electron chi connectivity index (χ4n) is 2.03. The molecule has 2 aromatic heterocycles. The average Bonchev–Trinajstić information content (AvgIpc) is 2.48. The van der Waals surface area contributed by atoms with Crippen molar-refractivity contribution in [2.75, 3.05) is 5.43 Å². The Balaban J connectivity index is 1.83. The monoisotopic (exact) mass is 262 g/mol. The van der Waals surface area contributed by atoms with Crippen LogP contribution < -0.4 is 5.43 Å². The first-order chi connectivity index (χ1) is 9.83. The molecule has 4 heteroatoms. The van der Waals surface area contributed by atoms with E-state index < -0.39 is 0 Å². The summed E-state index contributed by atoms with van der Waals surface area (Å²) < 4.78 is 0. The molecule has 0 aliphatic heterocycles. The minimum atomic E-state index is 0.742. The van der Waals surface area contributed by atoms with Crippen LogP contribution in [0.5, 0.6) is 0 Å². The smallest absolute Gasteiger partial charge is 0.147 e. The van der Waals surface area contributed by atoms with Crippen LogP contribution >= 0.6 is 0 Å². The number of para-hydroxylation sites is 1. The molecule has 0 saturated carbocycles. The van der Waals surface area contributed by atoms with Gasteiger partial charge in [-0.3, -0.25) is 10.4 Å². The van der Waals surface area contributed by atoms with Crippen LogP contribution in [0.15, 0.2) is 60.0 Å². The van der Waals surface area contributed by atoms with E-state index in [0.717, 1.165) is 22.3 Å². The lowest BCUT2D eigenvalue weighted by atomic mass is 10.1. The lowest BCUT2D eigenvalue weighted by Crippen LogP contribution is -1.95. The van der Waals surface area contributed by atoms with Gasteiger partial charge in [0.05, 0.1) is 11.7 Å². The number of fused-ring (bicyclic) bond motifs is 1. The van der Waals surface area contributed by atoms with Crippen molar-refractivity contribution >= 4 is 22.9 Å². The number of aryl methyl sites for hydroxylation is 1. The zero-order valence-corrected chi connectivity index (χ0v) is 11.1. The van der Waals surface area contributed by atoms with Gasteiger partial charge in [0.15, 0.2) is 0 Å². The van der Waals surface area contributed by atoms with Crippen molar-refractivity contribution in [1.82, 2.24) is 9.97 Å². The number of anilines is 1. The first-order valence-corrected chi connectivity index (χ1v) is 6.38. The van der Waals surface area contributed by atoms with E-state index in [1.165, 1.54) is 5.56 Å². The van der Waals surface area contributed by atoms with Crippen molar-refractivity contribution < 1.29 is 0 Å². The zero-order valence-electron chi connectivity index (χ0n) is 11.1. The molecule has 0 aliphatic rings. The Labute approximate surface area is 117 Å². The van der Waals surface area contributed by atoms with Crippen molar-refractivity contribution in [2.45, 2.75) is 6.92 Å². The van der Waals surface area contributed by atoms with Crippen molar-refractivity contribution in [3.8, 4) is 0 Å². The second kappa shape index (κ2) is 5.48. The third-order valence-electron chi connectivity index (χ3n) is 3.02. The highest BCUT2D eigenvalue weighted by Crippen LogP contribution is 2.19. The number of rotatable bonds is 3. The van der Waals surface area contributed by atoms with Crippen molar-refractivity contribution in [1.29, 1.82) is 0 Å². The summed E-state index contributed by atoms with van der Waals surface area (Å²) in [6.07, 6.45) is 5.22. The van der Waals surface area contributed by atoms with E-state index in [2.05, 4.69) is 33.5 Å². The highest BCUT2D eigenvalue weighted by atomic mass is 15.3. The zero-order chi connectivity index (χ0) is 13.8. The molecule has 98 valence electrons. The number of hydrogen-bond donors (Lipinski definition) is 1. The molecule has 0 spiro atoms. The number of pyridine rings is 2. The Morgan fingerprint density at radius 3 is 2.75 bits per heavy atom. The van der Waals surface area contributed by atoms with Crippen LogP contribution in [0.4, 0.5) is 5.82 Å². The second-order valence-corrected chi connectivity index (χ2v) is 4.49. The minimum Gasteiger partial charge on any atom is -0.265 e. The van der Waals surface area contributed by atoms with Gasteiger partial charge in [-0.05, 0) is 42.3 Å². The molecule has 0 atom stereocenters. The largest absolute Gasteiger partial charge is 0.265 e. The average molecular weight is 262 g/mol. The number of benzene rings is 1. The molecule has 4 nitrogen and oxygen atoms in total. The van der Waals surface area contributed by atoms with Gasteiger partial charge < -0.3 is 0 Å². The summed E-state index contributed by atoms with van der Waals surface area (Å²) in [6.45, 7) is 2.07. The van der Waals surface area contributed by atoms with Crippen LogP contribution in [0.2, 0.25) is 0 Å². The maximum absolute atomic E-state index is 4.53. The summed E-state index contributed by atoms with van der Waals surface area (Å²) >= 11 is 0. The molecule has 1 aromatic carbocycles. The third kappa shape index (κ3) is 2.64. The Hall–Kier alpha value is -2.75. The Morgan fingerprint density at radius 2 is 1.90 bits per heavy atom. The summed E-state index contributed by atoms with van der Waals surface area (Å²) in [5.74, 6) is 0.742. The van der Waals surface area contributed by atoms with Crippen LogP contribution in [0, 0.1) is 6.92 Å². The number of aromatic nitrogens is 2. The molecule has 3 rings (SSSR count). The Kier molecular flexibility index (Phi) is 3.37. The topological polar surface area (TPSA) is 50.2 Å². The first kappa shape index (κ1) is 12.3. The van der Waals surface area contributed by atoms with E-state index >= 15 is 0 Å². The molecule has 0 bridgehead atoms. The second-order valence-electron chi connectivity index (χ2n) is 4.49. The van der Waals surface area contributed by atoms with Gasteiger partial charge in [-0.25, -0.2) is 4.98 Å². The van der Waals surface area contributed by atoms with E-state index in [4.69, 9.17) is 0 Å². The highest BCUT2D eigenvalue weighted by molar-refractivity contribution is 5.84. The molecular weight excluding hydrogens is 248 g/mol. The van der Waals surface area contributed by atoms with Crippen LogP contribution in [0.3, 0.4) is 0 Å². The van der Waals surface area contributed by atoms with Gasteiger partial charge in [0.1, 0.15) is 5.82 Å². The van der Waals surface area contributed by atoms with Crippen LogP contribution in [-0.4, -0.2) is 16.2 Å². The quantitative estimate of drug-likeness (QED) is 0.581. The van der Waals surface area contributed by atoms with Gasteiger partial charge in [-0.2, -0.15) is 5.10 Å². The summed E-state index contributed by atoms with van der Waals surface area (Å²) in [6, 6.07) is 13.9. The number of nitrogens with zero attached hydrogens (tertiary/aromatic N) is 3. The van der Waals surface area contributed by atoms with Gasteiger partial charge >= 0.3 is 0 Å².